The maximum absolute atomic E-state index is 12.8. The average molecular weight is 422 g/mol. The molecule has 8 heteroatoms. The number of para-hydroxylation sites is 2. The Labute approximate surface area is 178 Å². The van der Waals surface area contributed by atoms with Crippen LogP contribution in [0.15, 0.2) is 52.1 Å². The van der Waals surface area contributed by atoms with Gasteiger partial charge in [0.15, 0.2) is 0 Å². The van der Waals surface area contributed by atoms with Crippen LogP contribution in [0.1, 0.15) is 33.2 Å². The van der Waals surface area contributed by atoms with Crippen molar-refractivity contribution in [3.8, 4) is 0 Å². The van der Waals surface area contributed by atoms with E-state index in [1.54, 1.807) is 18.3 Å². The number of thioether (sulfide) groups is 1. The zero-order valence-corrected chi connectivity index (χ0v) is 18.0. The van der Waals surface area contributed by atoms with Crippen LogP contribution < -0.4 is 5.32 Å². The lowest BCUT2D eigenvalue weighted by Crippen LogP contribution is -2.28. The minimum absolute atomic E-state index is 0.133. The Balaban J connectivity index is 1.42. The first-order valence-corrected chi connectivity index (χ1v) is 10.7. The van der Waals surface area contributed by atoms with Crippen LogP contribution in [0, 0.1) is 20.8 Å². The van der Waals surface area contributed by atoms with Gasteiger partial charge < -0.3 is 14.4 Å². The second-order valence-corrected chi connectivity index (χ2v) is 7.97. The van der Waals surface area contributed by atoms with E-state index in [4.69, 9.17) is 4.52 Å². The number of carbonyl (C=O) groups excluding carboxylic acids is 1. The van der Waals surface area contributed by atoms with Crippen LogP contribution in [-0.2, 0) is 12.3 Å². The lowest BCUT2D eigenvalue weighted by Gasteiger charge is -2.11. The van der Waals surface area contributed by atoms with E-state index in [0.717, 1.165) is 33.9 Å². The molecule has 0 radical (unpaired) electrons. The summed E-state index contributed by atoms with van der Waals surface area (Å²) in [6.07, 6.45) is 1.70. The van der Waals surface area contributed by atoms with Crippen molar-refractivity contribution < 1.29 is 9.32 Å². The Kier molecular flexibility index (Phi) is 5.85. The number of nitrogens with zero attached hydrogens (tertiary/aromatic N) is 4. The molecule has 0 spiro atoms. The monoisotopic (exact) mass is 421 g/mol. The van der Waals surface area contributed by atoms with Gasteiger partial charge in [-0.25, -0.2) is 9.97 Å². The molecule has 0 saturated carbocycles. The third kappa shape index (κ3) is 4.09. The molecule has 154 valence electrons. The van der Waals surface area contributed by atoms with Gasteiger partial charge in [-0.3, -0.25) is 4.79 Å². The molecule has 1 amide bonds. The smallest absolute Gasteiger partial charge is 0.254 e. The Morgan fingerprint density at radius 1 is 1.17 bits per heavy atom. The van der Waals surface area contributed by atoms with E-state index in [1.165, 1.54) is 11.8 Å². The molecule has 3 heterocycles. The van der Waals surface area contributed by atoms with Crippen molar-refractivity contribution in [2.24, 2.45) is 0 Å². The Morgan fingerprint density at radius 2 is 2.00 bits per heavy atom. The quantitative estimate of drug-likeness (QED) is 0.453. The van der Waals surface area contributed by atoms with Crippen molar-refractivity contribution in [1.82, 2.24) is 25.0 Å². The fourth-order valence-electron chi connectivity index (χ4n) is 3.38. The number of imidazole rings is 1. The summed E-state index contributed by atoms with van der Waals surface area (Å²) < 4.78 is 7.34. The number of carbonyl (C=O) groups is 1. The number of hydrogen-bond acceptors (Lipinski definition) is 6. The highest BCUT2D eigenvalue weighted by Gasteiger charge is 2.15. The molecule has 1 aromatic carbocycles. The molecule has 0 aliphatic carbocycles. The minimum atomic E-state index is -0.133. The number of hydrogen-bond donors (Lipinski definition) is 1. The standard InChI is InChI=1S/C22H23N5O2S/c1-14-18(15(2)29-26-14)13-30-22-17(7-6-10-24-22)21(28)23-11-12-27-16(3)25-19-8-4-5-9-20(19)27/h4-10H,11-13H2,1-3H3,(H,23,28). The maximum Gasteiger partial charge on any atom is 0.254 e. The summed E-state index contributed by atoms with van der Waals surface area (Å²) in [4.78, 5) is 21.8. The number of aryl methyl sites for hydroxylation is 3. The van der Waals surface area contributed by atoms with Crippen LogP contribution in [-0.4, -0.2) is 32.1 Å². The SMILES string of the molecule is Cc1noc(C)c1CSc1ncccc1C(=O)NCCn1c(C)nc2ccccc21. The maximum atomic E-state index is 12.8. The van der Waals surface area contributed by atoms with Gasteiger partial charge in [0.1, 0.15) is 16.6 Å². The molecule has 0 fully saturated rings. The summed E-state index contributed by atoms with van der Waals surface area (Å²) in [5.41, 5.74) is 4.51. The highest BCUT2D eigenvalue weighted by atomic mass is 32.2. The summed E-state index contributed by atoms with van der Waals surface area (Å²) in [7, 11) is 0. The predicted molar refractivity (Wildman–Crippen MR) is 117 cm³/mol. The zero-order chi connectivity index (χ0) is 21.1. The molecule has 0 atom stereocenters. The van der Waals surface area contributed by atoms with Crippen molar-refractivity contribution >= 4 is 28.7 Å². The highest BCUT2D eigenvalue weighted by Crippen LogP contribution is 2.27. The molecule has 0 bridgehead atoms. The average Bonchev–Trinajstić information content (AvgIpc) is 3.24. The van der Waals surface area contributed by atoms with Crippen LogP contribution >= 0.6 is 11.8 Å². The lowest BCUT2D eigenvalue weighted by atomic mass is 10.2. The molecule has 0 unspecified atom stereocenters. The summed E-state index contributed by atoms with van der Waals surface area (Å²) in [6, 6.07) is 11.6. The van der Waals surface area contributed by atoms with Crippen LogP contribution in [0.4, 0.5) is 0 Å². The number of rotatable bonds is 7. The van der Waals surface area contributed by atoms with Gasteiger partial charge in [0.05, 0.1) is 22.3 Å². The molecule has 0 aliphatic rings. The second kappa shape index (κ2) is 8.71. The second-order valence-electron chi connectivity index (χ2n) is 7.00. The minimum Gasteiger partial charge on any atom is -0.361 e. The highest BCUT2D eigenvalue weighted by molar-refractivity contribution is 7.98. The van der Waals surface area contributed by atoms with Crippen molar-refractivity contribution in [1.29, 1.82) is 0 Å². The van der Waals surface area contributed by atoms with E-state index >= 15 is 0 Å². The predicted octanol–water partition coefficient (Wildman–Crippen LogP) is 4.07. The van der Waals surface area contributed by atoms with E-state index < -0.39 is 0 Å². The summed E-state index contributed by atoms with van der Waals surface area (Å²) in [6.45, 7) is 6.94. The van der Waals surface area contributed by atoms with Gasteiger partial charge in [0.2, 0.25) is 0 Å². The normalized spacial score (nSPS) is 11.2. The van der Waals surface area contributed by atoms with Gasteiger partial charge in [0.25, 0.3) is 5.91 Å². The summed E-state index contributed by atoms with van der Waals surface area (Å²) >= 11 is 1.51. The topological polar surface area (TPSA) is 85.8 Å². The molecule has 0 saturated heterocycles. The van der Waals surface area contributed by atoms with E-state index in [9.17, 15) is 4.79 Å². The molecule has 7 nitrogen and oxygen atoms in total. The van der Waals surface area contributed by atoms with Crippen LogP contribution in [0.3, 0.4) is 0 Å². The number of fused-ring (bicyclic) bond motifs is 1. The lowest BCUT2D eigenvalue weighted by molar-refractivity contribution is 0.0948. The van der Waals surface area contributed by atoms with E-state index in [-0.39, 0.29) is 5.91 Å². The molecule has 30 heavy (non-hydrogen) atoms. The van der Waals surface area contributed by atoms with E-state index in [2.05, 4.69) is 25.0 Å². The van der Waals surface area contributed by atoms with E-state index in [0.29, 0.717) is 29.4 Å². The molecular weight excluding hydrogens is 398 g/mol. The molecule has 1 N–H and O–H groups in total. The van der Waals surface area contributed by atoms with Gasteiger partial charge >= 0.3 is 0 Å². The van der Waals surface area contributed by atoms with Crippen molar-refractivity contribution in [3.63, 3.8) is 0 Å². The molecule has 0 aliphatic heterocycles. The third-order valence-electron chi connectivity index (χ3n) is 5.02. The number of pyridine rings is 1. The number of aromatic nitrogens is 4. The molecule has 4 aromatic rings. The Bertz CT molecular complexity index is 1180. The number of benzene rings is 1. The van der Waals surface area contributed by atoms with Crippen LogP contribution in [0.2, 0.25) is 0 Å². The summed E-state index contributed by atoms with van der Waals surface area (Å²) in [5, 5.41) is 7.69. The number of amides is 1. The van der Waals surface area contributed by atoms with Gasteiger partial charge in [-0.15, -0.1) is 11.8 Å². The first-order chi connectivity index (χ1) is 14.5. The van der Waals surface area contributed by atoms with E-state index in [1.807, 2.05) is 45.0 Å². The Hall–Kier alpha value is -3.13. The largest absolute Gasteiger partial charge is 0.361 e. The molecular formula is C22H23N5O2S. The zero-order valence-electron chi connectivity index (χ0n) is 17.2. The molecule has 4 rings (SSSR count). The molecule has 3 aromatic heterocycles. The first kappa shape index (κ1) is 20.2. The van der Waals surface area contributed by atoms with Crippen LogP contribution in [0.25, 0.3) is 11.0 Å². The van der Waals surface area contributed by atoms with Gasteiger partial charge in [-0.2, -0.15) is 0 Å². The van der Waals surface area contributed by atoms with Gasteiger partial charge in [-0.1, -0.05) is 17.3 Å². The van der Waals surface area contributed by atoms with Crippen molar-refractivity contribution in [2.45, 2.75) is 38.1 Å². The number of nitrogens with one attached hydrogen (secondary N) is 1. The fourth-order valence-corrected chi connectivity index (χ4v) is 4.53. The van der Waals surface area contributed by atoms with Crippen LogP contribution in [0.5, 0.6) is 0 Å². The fraction of sp³-hybridized carbons (Fsp3) is 0.273. The summed E-state index contributed by atoms with van der Waals surface area (Å²) in [5.74, 6) is 2.25. The van der Waals surface area contributed by atoms with Gasteiger partial charge in [-0.05, 0) is 45.0 Å². The van der Waals surface area contributed by atoms with Crippen molar-refractivity contribution in [3.05, 3.63) is 71.0 Å². The first-order valence-electron chi connectivity index (χ1n) is 9.74. The van der Waals surface area contributed by atoms with Crippen molar-refractivity contribution in [2.75, 3.05) is 6.54 Å². The Morgan fingerprint density at radius 3 is 2.80 bits per heavy atom. The third-order valence-corrected chi connectivity index (χ3v) is 6.05. The van der Waals surface area contributed by atoms with Gasteiger partial charge in [0, 0.05) is 30.6 Å².